The van der Waals surface area contributed by atoms with E-state index in [0.717, 1.165) is 6.04 Å². The maximum absolute atomic E-state index is 13.5. The van der Waals surface area contributed by atoms with Gasteiger partial charge in [0.05, 0.1) is 6.10 Å². The fraction of sp³-hybridized carbons (Fsp3) is 0.679. The average molecular weight is 482 g/mol. The number of benzene rings is 1. The van der Waals surface area contributed by atoms with Crippen molar-refractivity contribution in [1.82, 2.24) is 15.1 Å². The minimum absolute atomic E-state index is 0.0414. The molecule has 35 heavy (non-hydrogen) atoms. The number of carbonyl (C=O) groups is 3. The van der Waals surface area contributed by atoms with Crippen molar-refractivity contribution in [2.75, 3.05) is 26.2 Å². The lowest BCUT2D eigenvalue weighted by molar-refractivity contribution is -0.138. The smallest absolute Gasteiger partial charge is 0.251 e. The van der Waals surface area contributed by atoms with E-state index in [-0.39, 0.29) is 35.7 Å². The number of fused-ring (bicyclic) bond motifs is 1. The third-order valence-corrected chi connectivity index (χ3v) is 8.05. The highest BCUT2D eigenvalue weighted by Crippen LogP contribution is 2.35. The molecule has 4 aliphatic rings. The summed E-state index contributed by atoms with van der Waals surface area (Å²) in [5.41, 5.74) is 1.69. The van der Waals surface area contributed by atoms with E-state index in [9.17, 15) is 14.4 Å². The van der Waals surface area contributed by atoms with E-state index in [1.54, 1.807) is 4.90 Å². The minimum Gasteiger partial charge on any atom is -0.368 e. The van der Waals surface area contributed by atoms with Crippen molar-refractivity contribution in [3.05, 3.63) is 35.4 Å². The highest BCUT2D eigenvalue weighted by molar-refractivity contribution is 5.99. The average Bonchev–Trinajstić information content (AvgIpc) is 3.50. The summed E-state index contributed by atoms with van der Waals surface area (Å²) in [6.45, 7) is 9.06. The van der Waals surface area contributed by atoms with Gasteiger partial charge in [-0.15, -0.1) is 0 Å². The molecule has 190 valence electrons. The Bertz CT molecular complexity index is 957. The molecule has 3 heterocycles. The van der Waals surface area contributed by atoms with Crippen LogP contribution in [-0.4, -0.2) is 77.9 Å². The predicted octanol–water partition coefficient (Wildman–Crippen LogP) is 3.13. The molecule has 3 saturated heterocycles. The van der Waals surface area contributed by atoms with Crippen LogP contribution in [0.5, 0.6) is 0 Å². The summed E-state index contributed by atoms with van der Waals surface area (Å²) in [5, 5.41) is 3.00. The molecule has 2 amide bonds. The van der Waals surface area contributed by atoms with Gasteiger partial charge in [0.15, 0.2) is 5.78 Å². The standard InChI is InChI=1S/C28H39N3O4/c1-28(2,3)16-22(27(34)31-15-12-24-25(31)23(32)17-35-24)29-26(33)20-6-4-18(5-7-20)19-10-13-30(14-11-19)21-8-9-21/h4-7,19,21-22,24-25H,8-17H2,1-3H3,(H,29,33)/t22-,24+,25+/m0/s1. The number of carbonyl (C=O) groups excluding carboxylic acids is 3. The second-order valence-corrected chi connectivity index (χ2v) is 12.0. The van der Waals surface area contributed by atoms with Crippen LogP contribution in [0.15, 0.2) is 24.3 Å². The quantitative estimate of drug-likeness (QED) is 0.675. The number of hydrogen-bond donors (Lipinski definition) is 1. The van der Waals surface area contributed by atoms with E-state index in [4.69, 9.17) is 4.74 Å². The van der Waals surface area contributed by atoms with Crippen LogP contribution in [0, 0.1) is 5.41 Å². The summed E-state index contributed by atoms with van der Waals surface area (Å²) in [6.07, 6.45) is 6.01. The highest BCUT2D eigenvalue weighted by Gasteiger charge is 2.48. The van der Waals surface area contributed by atoms with Crippen molar-refractivity contribution in [3.63, 3.8) is 0 Å². The SMILES string of the molecule is CC(C)(C)C[C@H](NC(=O)c1ccc(C2CCN(C3CC3)CC2)cc1)C(=O)N1CC[C@H]2OCC(=O)[C@H]21. The molecular weight excluding hydrogens is 442 g/mol. The number of likely N-dealkylation sites (tertiary alicyclic amines) is 2. The van der Waals surface area contributed by atoms with Gasteiger partial charge in [0.2, 0.25) is 5.91 Å². The number of nitrogens with zero attached hydrogens (tertiary/aromatic N) is 2. The van der Waals surface area contributed by atoms with Crippen molar-refractivity contribution < 1.29 is 19.1 Å². The van der Waals surface area contributed by atoms with Crippen LogP contribution in [-0.2, 0) is 14.3 Å². The lowest BCUT2D eigenvalue weighted by Crippen LogP contribution is -2.53. The summed E-state index contributed by atoms with van der Waals surface area (Å²) in [5.74, 6) is 0.0814. The molecule has 5 rings (SSSR count). The van der Waals surface area contributed by atoms with Gasteiger partial charge in [0, 0.05) is 18.2 Å². The molecule has 1 aromatic carbocycles. The number of nitrogens with one attached hydrogen (secondary N) is 1. The predicted molar refractivity (Wildman–Crippen MR) is 133 cm³/mol. The number of rotatable bonds is 6. The van der Waals surface area contributed by atoms with Gasteiger partial charge < -0.3 is 19.9 Å². The Hall–Kier alpha value is -2.25. The Morgan fingerprint density at radius 1 is 1.03 bits per heavy atom. The van der Waals surface area contributed by atoms with E-state index in [1.807, 2.05) is 12.1 Å². The van der Waals surface area contributed by atoms with Gasteiger partial charge in [-0.2, -0.15) is 0 Å². The van der Waals surface area contributed by atoms with Crippen LogP contribution in [0.3, 0.4) is 0 Å². The van der Waals surface area contributed by atoms with Gasteiger partial charge in [-0.05, 0) is 80.6 Å². The lowest BCUT2D eigenvalue weighted by Gasteiger charge is -2.32. The molecule has 0 radical (unpaired) electrons. The number of Topliss-reactive ketones (excluding diaryl/α,β-unsaturated/α-hetero) is 1. The molecule has 3 aliphatic heterocycles. The summed E-state index contributed by atoms with van der Waals surface area (Å²) in [6, 6.07) is 7.57. The number of hydrogen-bond acceptors (Lipinski definition) is 5. The van der Waals surface area contributed by atoms with Crippen molar-refractivity contribution in [1.29, 1.82) is 0 Å². The van der Waals surface area contributed by atoms with Crippen LogP contribution >= 0.6 is 0 Å². The summed E-state index contributed by atoms with van der Waals surface area (Å²) in [7, 11) is 0. The van der Waals surface area contributed by atoms with Crippen LogP contribution < -0.4 is 5.32 Å². The molecule has 1 aliphatic carbocycles. The van der Waals surface area contributed by atoms with E-state index in [1.165, 1.54) is 44.3 Å². The van der Waals surface area contributed by atoms with Crippen molar-refractivity contribution in [2.24, 2.45) is 5.41 Å². The molecule has 0 spiro atoms. The largest absolute Gasteiger partial charge is 0.368 e. The number of amides is 2. The first kappa shape index (κ1) is 24.4. The van der Waals surface area contributed by atoms with Crippen LogP contribution in [0.4, 0.5) is 0 Å². The summed E-state index contributed by atoms with van der Waals surface area (Å²) >= 11 is 0. The minimum atomic E-state index is -0.680. The second-order valence-electron chi connectivity index (χ2n) is 12.0. The molecule has 1 saturated carbocycles. The zero-order chi connectivity index (χ0) is 24.7. The van der Waals surface area contributed by atoms with E-state index >= 15 is 0 Å². The molecule has 7 heteroatoms. The molecule has 0 bridgehead atoms. The fourth-order valence-electron chi connectivity index (χ4n) is 6.04. The van der Waals surface area contributed by atoms with E-state index < -0.39 is 12.1 Å². The first-order chi connectivity index (χ1) is 16.7. The molecular formula is C28H39N3O4. The first-order valence-electron chi connectivity index (χ1n) is 13.3. The van der Waals surface area contributed by atoms with E-state index in [2.05, 4.69) is 43.1 Å². The third-order valence-electron chi connectivity index (χ3n) is 8.05. The maximum atomic E-state index is 13.5. The van der Waals surface area contributed by atoms with Crippen LogP contribution in [0.2, 0.25) is 0 Å². The lowest BCUT2D eigenvalue weighted by atomic mass is 9.87. The zero-order valence-corrected chi connectivity index (χ0v) is 21.3. The van der Waals surface area contributed by atoms with Gasteiger partial charge in [-0.1, -0.05) is 32.9 Å². The zero-order valence-electron chi connectivity index (χ0n) is 21.3. The third kappa shape index (κ3) is 5.46. The highest BCUT2D eigenvalue weighted by atomic mass is 16.5. The van der Waals surface area contributed by atoms with Crippen molar-refractivity contribution in [3.8, 4) is 0 Å². The van der Waals surface area contributed by atoms with Crippen molar-refractivity contribution in [2.45, 2.75) is 89.4 Å². The molecule has 1 aromatic rings. The fourth-order valence-corrected chi connectivity index (χ4v) is 6.04. The molecule has 0 unspecified atom stereocenters. The molecule has 1 N–H and O–H groups in total. The van der Waals surface area contributed by atoms with Gasteiger partial charge in [0.25, 0.3) is 5.91 Å². The molecule has 4 fully saturated rings. The van der Waals surface area contributed by atoms with Crippen LogP contribution in [0.1, 0.15) is 81.1 Å². The second kappa shape index (κ2) is 9.66. The van der Waals surface area contributed by atoms with Gasteiger partial charge >= 0.3 is 0 Å². The Morgan fingerprint density at radius 3 is 2.34 bits per heavy atom. The molecule has 0 aromatic heterocycles. The topological polar surface area (TPSA) is 79.0 Å². The summed E-state index contributed by atoms with van der Waals surface area (Å²) in [4.78, 5) is 43.3. The molecule has 3 atom stereocenters. The Labute approximate surface area is 208 Å². The van der Waals surface area contributed by atoms with Gasteiger partial charge in [-0.3, -0.25) is 14.4 Å². The Balaban J connectivity index is 1.24. The Kier molecular flexibility index (Phi) is 6.75. The first-order valence-corrected chi connectivity index (χ1v) is 13.3. The van der Waals surface area contributed by atoms with E-state index in [0.29, 0.717) is 30.9 Å². The summed E-state index contributed by atoms with van der Waals surface area (Å²) < 4.78 is 5.55. The van der Waals surface area contributed by atoms with Gasteiger partial charge in [0.1, 0.15) is 18.7 Å². The van der Waals surface area contributed by atoms with Gasteiger partial charge in [-0.25, -0.2) is 0 Å². The number of ether oxygens (including phenoxy) is 1. The normalized spacial score (nSPS) is 26.6. The number of ketones is 1. The molecule has 7 nitrogen and oxygen atoms in total. The maximum Gasteiger partial charge on any atom is 0.251 e. The van der Waals surface area contributed by atoms with Crippen molar-refractivity contribution >= 4 is 17.6 Å². The van der Waals surface area contributed by atoms with Crippen LogP contribution in [0.25, 0.3) is 0 Å². The monoisotopic (exact) mass is 481 g/mol. The Morgan fingerprint density at radius 2 is 1.71 bits per heavy atom. The number of piperidine rings is 1.